The van der Waals surface area contributed by atoms with Crippen LogP contribution in [0.2, 0.25) is 0 Å². The van der Waals surface area contributed by atoms with Gasteiger partial charge in [-0.05, 0) is 6.92 Å². The lowest BCUT2D eigenvalue weighted by Gasteiger charge is -2.00. The third-order valence-electron chi connectivity index (χ3n) is 0.677. The third-order valence-corrected chi connectivity index (χ3v) is 0.677. The van der Waals surface area contributed by atoms with E-state index in [1.54, 1.807) is 7.05 Å². The van der Waals surface area contributed by atoms with Crippen LogP contribution in [-0.4, -0.2) is 12.9 Å². The highest BCUT2D eigenvalue weighted by Gasteiger charge is 1.83. The van der Waals surface area contributed by atoms with Crippen LogP contribution >= 0.6 is 0 Å². The first-order valence-electron chi connectivity index (χ1n) is 2.31. The van der Waals surface area contributed by atoms with Gasteiger partial charge in [0.1, 0.15) is 0 Å². The number of amidine groups is 1. The SMILES string of the molecule is C=C(N)NC(C)=NC. The summed E-state index contributed by atoms with van der Waals surface area (Å²) in [5, 5.41) is 2.73. The molecule has 0 aromatic rings. The van der Waals surface area contributed by atoms with Crippen molar-refractivity contribution in [2.75, 3.05) is 7.05 Å². The van der Waals surface area contributed by atoms with E-state index in [-0.39, 0.29) is 0 Å². The Kier molecular flexibility index (Phi) is 2.69. The molecule has 46 valence electrons. The second-order valence-corrected chi connectivity index (χ2v) is 1.46. The molecule has 0 bridgehead atoms. The van der Waals surface area contributed by atoms with E-state index >= 15 is 0 Å². The number of hydrogen-bond donors (Lipinski definition) is 2. The summed E-state index contributed by atoms with van der Waals surface area (Å²) in [5.74, 6) is 1.20. The summed E-state index contributed by atoms with van der Waals surface area (Å²) in [6.45, 7) is 5.25. The smallest absolute Gasteiger partial charge is 0.0982 e. The molecule has 0 aliphatic rings. The monoisotopic (exact) mass is 113 g/mol. The predicted molar refractivity (Wildman–Crippen MR) is 35.5 cm³/mol. The van der Waals surface area contributed by atoms with Crippen LogP contribution in [0.15, 0.2) is 17.4 Å². The molecule has 0 aromatic heterocycles. The second-order valence-electron chi connectivity index (χ2n) is 1.46. The predicted octanol–water partition coefficient (Wildman–Crippen LogP) is 0.0541. The number of nitrogens with zero attached hydrogens (tertiary/aromatic N) is 1. The van der Waals surface area contributed by atoms with Crippen molar-refractivity contribution in [1.82, 2.24) is 5.32 Å². The molecule has 0 radical (unpaired) electrons. The van der Waals surface area contributed by atoms with E-state index in [0.29, 0.717) is 5.82 Å². The summed E-state index contributed by atoms with van der Waals surface area (Å²) < 4.78 is 0. The van der Waals surface area contributed by atoms with E-state index in [9.17, 15) is 0 Å². The Morgan fingerprint density at radius 2 is 2.25 bits per heavy atom. The van der Waals surface area contributed by atoms with Crippen molar-refractivity contribution in [3.63, 3.8) is 0 Å². The maximum atomic E-state index is 5.18. The number of nitrogens with one attached hydrogen (secondary N) is 1. The molecule has 0 saturated heterocycles. The molecule has 0 rings (SSSR count). The lowest BCUT2D eigenvalue weighted by molar-refractivity contribution is 1.07. The van der Waals surface area contributed by atoms with Gasteiger partial charge in [-0.15, -0.1) is 0 Å². The average Bonchev–Trinajstić information content (AvgIpc) is 1.65. The van der Waals surface area contributed by atoms with Gasteiger partial charge in [-0.3, -0.25) is 4.99 Å². The van der Waals surface area contributed by atoms with E-state index in [4.69, 9.17) is 5.73 Å². The highest BCUT2D eigenvalue weighted by atomic mass is 15.0. The molecule has 0 aliphatic heterocycles. The normalized spacial score (nSPS) is 11.0. The van der Waals surface area contributed by atoms with Crippen LogP contribution in [0, 0.1) is 0 Å². The van der Waals surface area contributed by atoms with Crippen molar-refractivity contribution in [1.29, 1.82) is 0 Å². The molecule has 3 heteroatoms. The number of nitrogens with two attached hydrogens (primary N) is 1. The van der Waals surface area contributed by atoms with Crippen LogP contribution in [0.3, 0.4) is 0 Å². The summed E-state index contributed by atoms with van der Waals surface area (Å²) in [7, 11) is 1.69. The van der Waals surface area contributed by atoms with Gasteiger partial charge in [0.05, 0.1) is 11.7 Å². The minimum atomic E-state index is 0.424. The van der Waals surface area contributed by atoms with Crippen LogP contribution < -0.4 is 11.1 Å². The molecule has 0 fully saturated rings. The van der Waals surface area contributed by atoms with Crippen molar-refractivity contribution in [3.05, 3.63) is 12.4 Å². The molecular weight excluding hydrogens is 102 g/mol. The molecule has 0 spiro atoms. The van der Waals surface area contributed by atoms with Crippen LogP contribution in [0.5, 0.6) is 0 Å². The zero-order chi connectivity index (χ0) is 6.57. The highest BCUT2D eigenvalue weighted by Crippen LogP contribution is 1.70. The summed E-state index contributed by atoms with van der Waals surface area (Å²) in [5.41, 5.74) is 5.18. The quantitative estimate of drug-likeness (QED) is 0.373. The number of aliphatic imine (C=N–C) groups is 1. The first kappa shape index (κ1) is 7.01. The van der Waals surface area contributed by atoms with Gasteiger partial charge >= 0.3 is 0 Å². The summed E-state index contributed by atoms with van der Waals surface area (Å²) in [6.07, 6.45) is 0. The molecule has 3 N–H and O–H groups in total. The van der Waals surface area contributed by atoms with E-state index in [1.807, 2.05) is 6.92 Å². The fraction of sp³-hybridized carbons (Fsp3) is 0.400. The van der Waals surface area contributed by atoms with E-state index in [0.717, 1.165) is 5.84 Å². The Morgan fingerprint density at radius 1 is 1.75 bits per heavy atom. The Hall–Kier alpha value is -0.990. The fourth-order valence-electron chi connectivity index (χ4n) is 0.288. The van der Waals surface area contributed by atoms with Gasteiger partial charge < -0.3 is 11.1 Å². The van der Waals surface area contributed by atoms with Gasteiger partial charge in [0.15, 0.2) is 0 Å². The molecule has 0 heterocycles. The summed E-state index contributed by atoms with van der Waals surface area (Å²) in [6, 6.07) is 0. The van der Waals surface area contributed by atoms with Gasteiger partial charge in [0.2, 0.25) is 0 Å². The molecule has 0 atom stereocenters. The lowest BCUT2D eigenvalue weighted by Crippen LogP contribution is -2.23. The van der Waals surface area contributed by atoms with E-state index in [2.05, 4.69) is 16.9 Å². The van der Waals surface area contributed by atoms with Gasteiger partial charge in [-0.2, -0.15) is 0 Å². The first-order chi connectivity index (χ1) is 3.66. The van der Waals surface area contributed by atoms with Crippen LogP contribution in [0.1, 0.15) is 6.92 Å². The number of hydrogen-bond acceptors (Lipinski definition) is 2. The molecule has 0 aliphatic carbocycles. The van der Waals surface area contributed by atoms with Crippen molar-refractivity contribution in [2.45, 2.75) is 6.92 Å². The average molecular weight is 113 g/mol. The van der Waals surface area contributed by atoms with Gasteiger partial charge in [0, 0.05) is 7.05 Å². The van der Waals surface area contributed by atoms with Crippen LogP contribution in [0.25, 0.3) is 0 Å². The van der Waals surface area contributed by atoms with Crippen LogP contribution in [0.4, 0.5) is 0 Å². The van der Waals surface area contributed by atoms with E-state index < -0.39 is 0 Å². The molecule has 3 nitrogen and oxygen atoms in total. The minimum Gasteiger partial charge on any atom is -0.386 e. The van der Waals surface area contributed by atoms with Crippen molar-refractivity contribution in [2.24, 2.45) is 10.7 Å². The summed E-state index contributed by atoms with van der Waals surface area (Å²) in [4.78, 5) is 3.79. The lowest BCUT2D eigenvalue weighted by atomic mass is 10.6. The first-order valence-corrected chi connectivity index (χ1v) is 2.31. The molecular formula is C5H11N3. The standard InChI is InChI=1S/C5H11N3/c1-4(6)8-5(2)7-3/h1,6H2,2-3H3,(H,7,8). The zero-order valence-corrected chi connectivity index (χ0v) is 5.23. The molecule has 8 heavy (non-hydrogen) atoms. The highest BCUT2D eigenvalue weighted by molar-refractivity contribution is 5.80. The third kappa shape index (κ3) is 3.21. The van der Waals surface area contributed by atoms with Gasteiger partial charge in [0.25, 0.3) is 0 Å². The Morgan fingerprint density at radius 3 is 2.38 bits per heavy atom. The number of rotatable bonds is 1. The van der Waals surface area contributed by atoms with Crippen LogP contribution in [-0.2, 0) is 0 Å². The Balaban J connectivity index is 3.56. The summed E-state index contributed by atoms with van der Waals surface area (Å²) >= 11 is 0. The molecule has 0 aromatic carbocycles. The van der Waals surface area contributed by atoms with Crippen molar-refractivity contribution < 1.29 is 0 Å². The maximum absolute atomic E-state index is 5.18. The Labute approximate surface area is 49.3 Å². The topological polar surface area (TPSA) is 50.4 Å². The second kappa shape index (κ2) is 3.07. The van der Waals surface area contributed by atoms with E-state index in [1.165, 1.54) is 0 Å². The van der Waals surface area contributed by atoms with Crippen molar-refractivity contribution in [3.8, 4) is 0 Å². The van der Waals surface area contributed by atoms with Gasteiger partial charge in [-0.25, -0.2) is 0 Å². The Bertz CT molecular complexity index is 115. The maximum Gasteiger partial charge on any atom is 0.0982 e. The molecule has 0 amide bonds. The fourth-order valence-corrected chi connectivity index (χ4v) is 0.288. The zero-order valence-electron chi connectivity index (χ0n) is 5.23. The van der Waals surface area contributed by atoms with Gasteiger partial charge in [-0.1, -0.05) is 6.58 Å². The minimum absolute atomic E-state index is 0.424. The molecule has 0 saturated carbocycles. The largest absolute Gasteiger partial charge is 0.386 e. The molecule has 0 unspecified atom stereocenters. The van der Waals surface area contributed by atoms with Crippen molar-refractivity contribution >= 4 is 5.84 Å².